The summed E-state index contributed by atoms with van der Waals surface area (Å²) in [5.74, 6) is 0.0267. The first-order valence-corrected chi connectivity index (χ1v) is 10.1. The number of amides is 1. The topological polar surface area (TPSA) is 102 Å². The van der Waals surface area contributed by atoms with Crippen LogP contribution in [0.5, 0.6) is 5.75 Å². The second-order valence-corrected chi connectivity index (χ2v) is 8.22. The van der Waals surface area contributed by atoms with Gasteiger partial charge in [-0.05, 0) is 25.0 Å². The number of benzene rings is 1. The Labute approximate surface area is 153 Å². The van der Waals surface area contributed by atoms with Crippen molar-refractivity contribution in [3.8, 4) is 5.75 Å². The van der Waals surface area contributed by atoms with Crippen molar-refractivity contribution in [1.82, 2.24) is 19.2 Å². The van der Waals surface area contributed by atoms with Gasteiger partial charge >= 0.3 is 0 Å². The summed E-state index contributed by atoms with van der Waals surface area (Å²) in [5, 5.41) is 10.6. The number of piperidine rings is 1. The summed E-state index contributed by atoms with van der Waals surface area (Å²) in [6.45, 7) is 1.69. The molecule has 2 fully saturated rings. The summed E-state index contributed by atoms with van der Waals surface area (Å²) in [7, 11) is -3.77. The molecule has 0 spiro atoms. The summed E-state index contributed by atoms with van der Waals surface area (Å²) >= 11 is 0. The van der Waals surface area contributed by atoms with Gasteiger partial charge in [0.2, 0.25) is 0 Å². The highest BCUT2D eigenvalue weighted by atomic mass is 32.2. The predicted molar refractivity (Wildman–Crippen MR) is 93.4 cm³/mol. The van der Waals surface area contributed by atoms with Crippen molar-refractivity contribution in [3.05, 3.63) is 30.3 Å². The third kappa shape index (κ3) is 4.15. The first-order chi connectivity index (χ1) is 12.5. The minimum Gasteiger partial charge on any atom is -0.406 e. The van der Waals surface area contributed by atoms with E-state index >= 15 is 0 Å². The zero-order chi connectivity index (χ0) is 18.6. The molecule has 0 unspecified atom stereocenters. The van der Waals surface area contributed by atoms with E-state index in [2.05, 4.69) is 0 Å². The molecule has 9 nitrogen and oxygen atoms in total. The van der Waals surface area contributed by atoms with Crippen molar-refractivity contribution < 1.29 is 23.3 Å². The lowest BCUT2D eigenvalue weighted by atomic mass is 10.0. The van der Waals surface area contributed by atoms with E-state index in [1.807, 2.05) is 30.3 Å². The van der Waals surface area contributed by atoms with Crippen molar-refractivity contribution in [3.63, 3.8) is 0 Å². The Hall–Kier alpha value is -1.72. The van der Waals surface area contributed by atoms with E-state index in [-0.39, 0.29) is 19.6 Å². The quantitative estimate of drug-likeness (QED) is 0.556. The van der Waals surface area contributed by atoms with Crippen LogP contribution in [0.1, 0.15) is 19.3 Å². The number of rotatable bonds is 5. The van der Waals surface area contributed by atoms with Crippen LogP contribution in [0.4, 0.5) is 0 Å². The van der Waals surface area contributed by atoms with Crippen LogP contribution in [0.25, 0.3) is 0 Å². The van der Waals surface area contributed by atoms with Gasteiger partial charge in [0.25, 0.3) is 16.1 Å². The summed E-state index contributed by atoms with van der Waals surface area (Å²) in [6, 6.07) is 8.47. The lowest BCUT2D eigenvalue weighted by Gasteiger charge is -2.39. The molecule has 0 saturated carbocycles. The van der Waals surface area contributed by atoms with Gasteiger partial charge in [0.1, 0.15) is 11.8 Å². The molecule has 0 aliphatic carbocycles. The monoisotopic (exact) mass is 384 g/mol. The van der Waals surface area contributed by atoms with E-state index in [1.165, 1.54) is 8.61 Å². The van der Waals surface area contributed by atoms with E-state index in [9.17, 15) is 13.2 Å². The zero-order valence-electron chi connectivity index (χ0n) is 14.5. The zero-order valence-corrected chi connectivity index (χ0v) is 15.3. The second-order valence-electron chi connectivity index (χ2n) is 6.34. The molecule has 144 valence electrons. The standard InChI is InChI=1S/C16H24N4O5S/c21-16(17-22)15-8-4-5-9-20(15)26(23,24)19-12-10-18(11-13-19)25-14-6-2-1-3-7-14/h1-3,6-7,15,22H,4-5,8-13H2,(H,17,21)/t15-/m1/s1. The van der Waals surface area contributed by atoms with Crippen LogP contribution in [0.3, 0.4) is 0 Å². The largest absolute Gasteiger partial charge is 0.406 e. The maximum absolute atomic E-state index is 13.0. The molecule has 26 heavy (non-hydrogen) atoms. The van der Waals surface area contributed by atoms with Crippen molar-refractivity contribution in [2.24, 2.45) is 0 Å². The molecule has 3 rings (SSSR count). The van der Waals surface area contributed by atoms with E-state index < -0.39 is 22.2 Å². The fourth-order valence-corrected chi connectivity index (χ4v) is 5.09. The highest BCUT2D eigenvalue weighted by Crippen LogP contribution is 2.24. The van der Waals surface area contributed by atoms with Crippen LogP contribution in [-0.4, -0.2) is 72.0 Å². The number of piperazine rings is 1. The highest BCUT2D eigenvalue weighted by molar-refractivity contribution is 7.86. The average Bonchev–Trinajstić information content (AvgIpc) is 2.68. The summed E-state index contributed by atoms with van der Waals surface area (Å²) in [4.78, 5) is 17.6. The molecule has 0 bridgehead atoms. The molecule has 2 N–H and O–H groups in total. The van der Waals surface area contributed by atoms with Crippen molar-refractivity contribution in [2.75, 3.05) is 32.7 Å². The molecule has 1 amide bonds. The first kappa shape index (κ1) is 19.1. The Balaban J connectivity index is 1.62. The molecule has 10 heteroatoms. The van der Waals surface area contributed by atoms with E-state index in [4.69, 9.17) is 10.0 Å². The van der Waals surface area contributed by atoms with Crippen LogP contribution in [-0.2, 0) is 15.0 Å². The van der Waals surface area contributed by atoms with Gasteiger partial charge in [-0.3, -0.25) is 10.0 Å². The minimum absolute atomic E-state index is 0.277. The summed E-state index contributed by atoms with van der Waals surface area (Å²) < 4.78 is 28.5. The Morgan fingerprint density at radius 1 is 1.08 bits per heavy atom. The van der Waals surface area contributed by atoms with E-state index in [1.54, 1.807) is 10.5 Å². The van der Waals surface area contributed by atoms with Gasteiger partial charge in [0, 0.05) is 32.7 Å². The van der Waals surface area contributed by atoms with Crippen LogP contribution in [0.15, 0.2) is 30.3 Å². The molecule has 1 aromatic carbocycles. The molecular formula is C16H24N4O5S. The van der Waals surface area contributed by atoms with Crippen LogP contribution < -0.4 is 10.3 Å². The van der Waals surface area contributed by atoms with Gasteiger partial charge in [0.05, 0.1) is 0 Å². The van der Waals surface area contributed by atoms with Gasteiger partial charge in [-0.15, -0.1) is 5.06 Å². The third-order valence-electron chi connectivity index (χ3n) is 4.66. The van der Waals surface area contributed by atoms with Crippen molar-refractivity contribution in [2.45, 2.75) is 25.3 Å². The number of para-hydroxylation sites is 1. The molecule has 1 atom stereocenters. The first-order valence-electron chi connectivity index (χ1n) is 8.71. The van der Waals surface area contributed by atoms with Gasteiger partial charge < -0.3 is 4.84 Å². The van der Waals surface area contributed by atoms with Crippen LogP contribution in [0.2, 0.25) is 0 Å². The van der Waals surface area contributed by atoms with E-state index in [0.717, 1.165) is 6.42 Å². The molecule has 0 aromatic heterocycles. The van der Waals surface area contributed by atoms with Gasteiger partial charge in [-0.2, -0.15) is 17.0 Å². The van der Waals surface area contributed by atoms with Crippen LogP contribution >= 0.6 is 0 Å². The van der Waals surface area contributed by atoms with Gasteiger partial charge in [-0.25, -0.2) is 5.48 Å². The minimum atomic E-state index is -3.77. The molecule has 2 aliphatic rings. The summed E-state index contributed by atoms with van der Waals surface area (Å²) in [6.07, 6.45) is 1.86. The average molecular weight is 384 g/mol. The van der Waals surface area contributed by atoms with Gasteiger partial charge in [-0.1, -0.05) is 24.6 Å². The summed E-state index contributed by atoms with van der Waals surface area (Å²) in [5.41, 5.74) is 1.58. The Kier molecular flexibility index (Phi) is 6.09. The predicted octanol–water partition coefficient (Wildman–Crippen LogP) is 0.203. The molecule has 2 heterocycles. The third-order valence-corrected chi connectivity index (χ3v) is 6.71. The Bertz CT molecular complexity index is 707. The highest BCUT2D eigenvalue weighted by Gasteiger charge is 2.41. The molecule has 2 saturated heterocycles. The number of hydroxylamine groups is 3. The number of carbonyl (C=O) groups excluding carboxylic acids is 1. The molecule has 2 aliphatic heterocycles. The SMILES string of the molecule is O=C(NO)[C@H]1CCCCN1S(=O)(=O)N1CCN(Oc2ccccc2)CC1. The van der Waals surface area contributed by atoms with Crippen molar-refractivity contribution in [1.29, 1.82) is 0 Å². The van der Waals surface area contributed by atoms with Crippen molar-refractivity contribution >= 4 is 16.1 Å². The molecular weight excluding hydrogens is 360 g/mol. The lowest BCUT2D eigenvalue weighted by Crippen LogP contribution is -2.59. The fourth-order valence-electron chi connectivity index (χ4n) is 3.29. The maximum atomic E-state index is 13.0. The Morgan fingerprint density at radius 2 is 1.77 bits per heavy atom. The number of nitrogens with zero attached hydrogens (tertiary/aromatic N) is 3. The number of hydrogen-bond acceptors (Lipinski definition) is 6. The Morgan fingerprint density at radius 3 is 2.42 bits per heavy atom. The molecule has 0 radical (unpaired) electrons. The van der Waals surface area contributed by atoms with Crippen LogP contribution in [0, 0.1) is 0 Å². The second kappa shape index (κ2) is 8.31. The number of nitrogens with one attached hydrogen (secondary N) is 1. The number of carbonyl (C=O) groups is 1. The van der Waals surface area contributed by atoms with E-state index in [0.29, 0.717) is 31.7 Å². The maximum Gasteiger partial charge on any atom is 0.282 e. The molecule has 1 aromatic rings. The fraction of sp³-hybridized carbons (Fsp3) is 0.562. The lowest BCUT2D eigenvalue weighted by molar-refractivity contribution is -0.134. The normalized spacial score (nSPS) is 23.5. The van der Waals surface area contributed by atoms with Gasteiger partial charge in [0.15, 0.2) is 0 Å². The number of hydrogen-bond donors (Lipinski definition) is 2. The smallest absolute Gasteiger partial charge is 0.282 e.